The van der Waals surface area contributed by atoms with E-state index in [9.17, 15) is 10.1 Å². The number of anilines is 1. The van der Waals surface area contributed by atoms with Gasteiger partial charge in [-0.1, -0.05) is 0 Å². The van der Waals surface area contributed by atoms with Gasteiger partial charge >= 0.3 is 0 Å². The first kappa shape index (κ1) is 33.0. The fourth-order valence-corrected chi connectivity index (χ4v) is 3.35. The monoisotopic (exact) mass is 564 g/mol. The summed E-state index contributed by atoms with van der Waals surface area (Å²) in [5.74, 6) is 0.535. The molecule has 0 aromatic heterocycles. The molecule has 0 aliphatic carbocycles. The quantitative estimate of drug-likeness (QED) is 0.0837. The number of benzene rings is 2. The van der Waals surface area contributed by atoms with E-state index in [1.807, 2.05) is 18.2 Å². The normalized spacial score (nSPS) is 11.3. The zero-order valence-corrected chi connectivity index (χ0v) is 23.5. The van der Waals surface area contributed by atoms with Crippen molar-refractivity contribution >= 4 is 22.7 Å². The van der Waals surface area contributed by atoms with E-state index in [2.05, 4.69) is 15.1 Å². The van der Waals surface area contributed by atoms with Crippen LogP contribution in [0.5, 0.6) is 5.75 Å². The molecule has 0 radical (unpaired) electrons. The number of ether oxygens (including phenoxy) is 7. The lowest BCUT2D eigenvalue weighted by Gasteiger charge is -2.25. The molecule has 0 spiro atoms. The van der Waals surface area contributed by atoms with Crippen molar-refractivity contribution in [3.05, 3.63) is 52.6 Å². The average molecular weight is 565 g/mol. The third-order valence-electron chi connectivity index (χ3n) is 5.48. The summed E-state index contributed by atoms with van der Waals surface area (Å²) < 4.78 is 37.9. The summed E-state index contributed by atoms with van der Waals surface area (Å²) in [6, 6.07) is 11.5. The molecule has 0 aliphatic heterocycles. The molecule has 0 saturated carbocycles. The van der Waals surface area contributed by atoms with Crippen LogP contribution < -0.4 is 9.64 Å². The van der Waals surface area contributed by atoms with Crippen LogP contribution in [0.25, 0.3) is 0 Å². The van der Waals surface area contributed by atoms with Crippen LogP contribution in [-0.2, 0) is 28.4 Å². The summed E-state index contributed by atoms with van der Waals surface area (Å²) in [5.41, 5.74) is 1.92. The van der Waals surface area contributed by atoms with Crippen LogP contribution in [0.15, 0.2) is 52.7 Å². The Labute approximate surface area is 235 Å². The van der Waals surface area contributed by atoms with Crippen molar-refractivity contribution in [2.75, 3.05) is 105 Å². The maximum absolute atomic E-state index is 10.9. The molecule has 40 heavy (non-hydrogen) atoms. The fourth-order valence-electron chi connectivity index (χ4n) is 3.35. The van der Waals surface area contributed by atoms with Crippen LogP contribution in [-0.4, -0.2) is 105 Å². The molecule has 0 fully saturated rings. The fraction of sp³-hybridized carbons (Fsp3) is 0.556. The minimum Gasteiger partial charge on any atom is -0.494 e. The molecular weight excluding hydrogens is 524 g/mol. The SMILES string of the molecule is COCCOCCOCCN(CCOCCOCCOC)c1ccc(/N=N/c2ccc([N+](=O)[O-])cc2)c(OC)c1. The van der Waals surface area contributed by atoms with Gasteiger partial charge in [-0.05, 0) is 24.3 Å². The van der Waals surface area contributed by atoms with Gasteiger partial charge in [0.15, 0.2) is 0 Å². The van der Waals surface area contributed by atoms with Crippen molar-refractivity contribution in [3.8, 4) is 5.75 Å². The number of hydrogen-bond acceptors (Lipinski definition) is 12. The van der Waals surface area contributed by atoms with Gasteiger partial charge in [-0.2, -0.15) is 5.11 Å². The minimum atomic E-state index is -0.460. The van der Waals surface area contributed by atoms with Gasteiger partial charge in [0.25, 0.3) is 5.69 Å². The molecular formula is C27H40N4O9. The molecule has 2 rings (SSSR count). The lowest BCUT2D eigenvalue weighted by molar-refractivity contribution is -0.384. The average Bonchev–Trinajstić information content (AvgIpc) is 2.97. The zero-order valence-electron chi connectivity index (χ0n) is 23.5. The van der Waals surface area contributed by atoms with Gasteiger partial charge in [0, 0.05) is 51.2 Å². The summed E-state index contributed by atoms with van der Waals surface area (Å²) >= 11 is 0. The third-order valence-corrected chi connectivity index (χ3v) is 5.48. The number of methoxy groups -OCH3 is 3. The van der Waals surface area contributed by atoms with Crippen LogP contribution in [0.1, 0.15) is 0 Å². The number of hydrogen-bond donors (Lipinski definition) is 0. The first-order valence-corrected chi connectivity index (χ1v) is 13.0. The molecule has 0 atom stereocenters. The van der Waals surface area contributed by atoms with Gasteiger partial charge in [-0.3, -0.25) is 10.1 Å². The highest BCUT2D eigenvalue weighted by molar-refractivity contribution is 5.62. The smallest absolute Gasteiger partial charge is 0.269 e. The Morgan fingerprint density at radius 1 is 0.700 bits per heavy atom. The van der Waals surface area contributed by atoms with Crippen LogP contribution in [0.2, 0.25) is 0 Å². The van der Waals surface area contributed by atoms with Crippen LogP contribution in [0.3, 0.4) is 0 Å². The first-order valence-electron chi connectivity index (χ1n) is 13.0. The number of non-ortho nitro benzene ring substituents is 1. The van der Waals surface area contributed by atoms with E-state index < -0.39 is 4.92 Å². The van der Waals surface area contributed by atoms with Crippen molar-refractivity contribution < 1.29 is 38.1 Å². The number of rotatable bonds is 23. The van der Waals surface area contributed by atoms with E-state index in [4.69, 9.17) is 33.2 Å². The molecule has 2 aromatic carbocycles. The Kier molecular flexibility index (Phi) is 17.1. The number of nitro benzene ring substituents is 1. The summed E-state index contributed by atoms with van der Waals surface area (Å²) in [4.78, 5) is 12.5. The standard InChI is InChI=1S/C27H40N4O9/c1-34-14-16-39-20-18-37-12-10-30(11-13-38-19-21-40-17-15-35-2)25-8-9-26(27(22-25)36-3)29-28-23-4-6-24(7-5-23)31(32)33/h4-9,22H,10-21H2,1-3H3/b29-28+. The topological polar surface area (TPSA) is 136 Å². The maximum Gasteiger partial charge on any atom is 0.269 e. The van der Waals surface area contributed by atoms with Gasteiger partial charge in [0.05, 0.1) is 83.8 Å². The number of nitrogens with zero attached hydrogens (tertiary/aromatic N) is 4. The Hall–Kier alpha value is -3.20. The van der Waals surface area contributed by atoms with E-state index >= 15 is 0 Å². The van der Waals surface area contributed by atoms with Crippen molar-refractivity contribution in [3.63, 3.8) is 0 Å². The van der Waals surface area contributed by atoms with Gasteiger partial charge in [-0.15, -0.1) is 5.11 Å². The Bertz CT molecular complexity index is 972. The van der Waals surface area contributed by atoms with Crippen molar-refractivity contribution in [1.82, 2.24) is 0 Å². The van der Waals surface area contributed by atoms with Crippen LogP contribution >= 0.6 is 0 Å². The third kappa shape index (κ3) is 13.2. The zero-order chi connectivity index (χ0) is 28.8. The number of azo groups is 1. The van der Waals surface area contributed by atoms with E-state index in [0.717, 1.165) is 5.69 Å². The Balaban J connectivity index is 1.98. The largest absolute Gasteiger partial charge is 0.494 e. The second-order valence-corrected chi connectivity index (χ2v) is 8.25. The molecule has 0 unspecified atom stereocenters. The molecule has 0 bridgehead atoms. The molecule has 0 amide bonds. The van der Waals surface area contributed by atoms with Gasteiger partial charge in [-0.25, -0.2) is 0 Å². The molecule has 13 heteroatoms. The highest BCUT2D eigenvalue weighted by atomic mass is 16.6. The second kappa shape index (κ2) is 20.7. The summed E-state index contributed by atoms with van der Waals surface area (Å²) in [7, 11) is 4.83. The molecule has 0 N–H and O–H groups in total. The second-order valence-electron chi connectivity index (χ2n) is 8.25. The van der Waals surface area contributed by atoms with E-state index in [0.29, 0.717) is 96.3 Å². The van der Waals surface area contributed by atoms with Crippen molar-refractivity contribution in [2.45, 2.75) is 0 Å². The van der Waals surface area contributed by atoms with E-state index in [1.54, 1.807) is 21.3 Å². The summed E-state index contributed by atoms with van der Waals surface area (Å²) in [5, 5.41) is 19.3. The van der Waals surface area contributed by atoms with Gasteiger partial charge in [0.1, 0.15) is 11.4 Å². The predicted octanol–water partition coefficient (Wildman–Crippen LogP) is 4.18. The predicted molar refractivity (Wildman–Crippen MR) is 150 cm³/mol. The molecule has 2 aromatic rings. The van der Waals surface area contributed by atoms with E-state index in [1.165, 1.54) is 24.3 Å². The lowest BCUT2D eigenvalue weighted by atomic mass is 10.2. The number of nitro groups is 1. The molecule has 13 nitrogen and oxygen atoms in total. The first-order chi connectivity index (χ1) is 19.6. The lowest BCUT2D eigenvalue weighted by Crippen LogP contribution is -2.31. The van der Waals surface area contributed by atoms with Crippen LogP contribution in [0, 0.1) is 10.1 Å². The highest BCUT2D eigenvalue weighted by Crippen LogP contribution is 2.33. The highest BCUT2D eigenvalue weighted by Gasteiger charge is 2.12. The summed E-state index contributed by atoms with van der Waals surface area (Å²) in [6.07, 6.45) is 0. The van der Waals surface area contributed by atoms with Crippen molar-refractivity contribution in [1.29, 1.82) is 0 Å². The Morgan fingerprint density at radius 2 is 1.23 bits per heavy atom. The minimum absolute atomic E-state index is 0.00817. The Morgan fingerprint density at radius 3 is 1.73 bits per heavy atom. The van der Waals surface area contributed by atoms with Crippen molar-refractivity contribution in [2.24, 2.45) is 10.2 Å². The molecule has 222 valence electrons. The van der Waals surface area contributed by atoms with Crippen LogP contribution in [0.4, 0.5) is 22.7 Å². The van der Waals surface area contributed by atoms with Gasteiger partial charge < -0.3 is 38.1 Å². The molecule has 0 aliphatic rings. The van der Waals surface area contributed by atoms with Gasteiger partial charge in [0.2, 0.25) is 0 Å². The maximum atomic E-state index is 10.9. The van der Waals surface area contributed by atoms with E-state index in [-0.39, 0.29) is 5.69 Å². The molecule has 0 heterocycles. The summed E-state index contributed by atoms with van der Waals surface area (Å²) in [6.45, 7) is 6.38. The molecule has 0 saturated heterocycles.